The summed E-state index contributed by atoms with van der Waals surface area (Å²) in [7, 11) is 0. The van der Waals surface area contributed by atoms with E-state index in [1.807, 2.05) is 0 Å². The molecule has 0 aliphatic rings. The van der Waals surface area contributed by atoms with Gasteiger partial charge >= 0.3 is 0 Å². The molecule has 1 rings (SSSR count). The molecule has 0 aromatic heterocycles. The average molecular weight is 167 g/mol. The van der Waals surface area contributed by atoms with Gasteiger partial charge in [-0.25, -0.2) is 0 Å². The van der Waals surface area contributed by atoms with E-state index < -0.39 is 0 Å². The zero-order valence-corrected chi connectivity index (χ0v) is 6.85. The van der Waals surface area contributed by atoms with E-state index in [1.165, 1.54) is 0 Å². The van der Waals surface area contributed by atoms with Crippen molar-refractivity contribution in [2.24, 2.45) is 0 Å². The van der Waals surface area contributed by atoms with E-state index in [0.29, 0.717) is 10.8 Å². The van der Waals surface area contributed by atoms with Crippen LogP contribution in [0.25, 0.3) is 0 Å². The van der Waals surface area contributed by atoms with Crippen LogP contribution in [-0.4, -0.2) is 0 Å². The Balaban J connectivity index is 2.71. The van der Waals surface area contributed by atoms with Gasteiger partial charge in [0.15, 0.2) is 0 Å². The van der Waals surface area contributed by atoms with Gasteiger partial charge in [-0.05, 0) is 24.3 Å². The minimum absolute atomic E-state index is 0.696. The maximum Gasteiger partial charge on any atom is 0.140 e. The zero-order chi connectivity index (χ0) is 8.10. The Morgan fingerprint density at radius 1 is 1.27 bits per heavy atom. The highest BCUT2D eigenvalue weighted by molar-refractivity contribution is 6.30. The van der Waals surface area contributed by atoms with Crippen molar-refractivity contribution in [3.63, 3.8) is 0 Å². The quantitative estimate of drug-likeness (QED) is 0.583. The van der Waals surface area contributed by atoms with Gasteiger partial charge in [-0.15, -0.1) is 0 Å². The Kier molecular flexibility index (Phi) is 2.83. The number of hydrogen-bond donors (Lipinski definition) is 0. The van der Waals surface area contributed by atoms with Gasteiger partial charge in [-0.3, -0.25) is 0 Å². The zero-order valence-electron chi connectivity index (χ0n) is 6.10. The van der Waals surface area contributed by atoms with E-state index in [0.717, 1.165) is 0 Å². The lowest BCUT2D eigenvalue weighted by Crippen LogP contribution is -1.80. The minimum Gasteiger partial charge on any atom is -0.408 e. The molecule has 0 amide bonds. The van der Waals surface area contributed by atoms with Crippen molar-refractivity contribution in [3.05, 3.63) is 29.3 Å². The second-order valence-corrected chi connectivity index (χ2v) is 2.34. The third kappa shape index (κ3) is 2.53. The van der Waals surface area contributed by atoms with Gasteiger partial charge in [-0.1, -0.05) is 17.5 Å². The van der Waals surface area contributed by atoms with Crippen LogP contribution in [-0.2, 0) is 0 Å². The van der Waals surface area contributed by atoms with Gasteiger partial charge in [0.05, 0.1) is 0 Å². The fourth-order valence-corrected chi connectivity index (χ4v) is 0.739. The summed E-state index contributed by atoms with van der Waals surface area (Å²) in [5.41, 5.74) is 0. The molecule has 0 spiro atoms. The molecule has 11 heavy (non-hydrogen) atoms. The molecular formula is C9H7ClO. The number of hydrogen-bond acceptors (Lipinski definition) is 1. The summed E-state index contributed by atoms with van der Waals surface area (Å²) < 4.78 is 4.99. The second kappa shape index (κ2) is 3.90. The first kappa shape index (κ1) is 7.97. The first-order valence-corrected chi connectivity index (χ1v) is 3.55. The van der Waals surface area contributed by atoms with Crippen LogP contribution in [0.5, 0.6) is 5.75 Å². The minimum atomic E-state index is 0.696. The Hall–Kier alpha value is -1.13. The van der Waals surface area contributed by atoms with Crippen LogP contribution in [0.15, 0.2) is 24.3 Å². The van der Waals surface area contributed by atoms with E-state index in [9.17, 15) is 0 Å². The summed E-state index contributed by atoms with van der Waals surface area (Å²) in [6.07, 6.45) is 2.49. The van der Waals surface area contributed by atoms with E-state index >= 15 is 0 Å². The van der Waals surface area contributed by atoms with Gasteiger partial charge in [0.2, 0.25) is 0 Å². The molecular weight excluding hydrogens is 160 g/mol. The summed E-state index contributed by atoms with van der Waals surface area (Å²) in [6, 6.07) is 7.06. The topological polar surface area (TPSA) is 9.23 Å². The van der Waals surface area contributed by atoms with Gasteiger partial charge in [0.25, 0.3) is 0 Å². The van der Waals surface area contributed by atoms with Crippen molar-refractivity contribution in [1.29, 1.82) is 0 Å². The molecule has 0 saturated carbocycles. The lowest BCUT2D eigenvalue weighted by Gasteiger charge is -1.94. The summed E-state index contributed by atoms with van der Waals surface area (Å²) >= 11 is 5.65. The summed E-state index contributed by atoms with van der Waals surface area (Å²) in [5.74, 6) is 3.34. The van der Waals surface area contributed by atoms with Crippen LogP contribution in [0, 0.1) is 12.0 Å². The molecule has 56 valence electrons. The molecule has 1 aromatic rings. The lowest BCUT2D eigenvalue weighted by atomic mass is 10.3. The SMILES string of the molecule is CC#COc1ccc(Cl)cc1. The summed E-state index contributed by atoms with van der Waals surface area (Å²) in [6.45, 7) is 1.72. The smallest absolute Gasteiger partial charge is 0.140 e. The standard InChI is InChI=1S/C9H7ClO/c1-2-7-11-9-5-3-8(10)4-6-9/h3-6H,1H3. The molecule has 2 heteroatoms. The maximum atomic E-state index is 5.65. The highest BCUT2D eigenvalue weighted by Gasteiger charge is 1.89. The number of ether oxygens (including phenoxy) is 1. The summed E-state index contributed by atoms with van der Waals surface area (Å²) in [5, 5.41) is 0.696. The maximum absolute atomic E-state index is 5.65. The number of benzene rings is 1. The van der Waals surface area contributed by atoms with E-state index in [4.69, 9.17) is 16.3 Å². The number of halogens is 1. The van der Waals surface area contributed by atoms with E-state index in [2.05, 4.69) is 12.0 Å². The average Bonchev–Trinajstić information content (AvgIpc) is 2.04. The molecule has 0 heterocycles. The van der Waals surface area contributed by atoms with Crippen LogP contribution in [0.4, 0.5) is 0 Å². The van der Waals surface area contributed by atoms with Gasteiger partial charge < -0.3 is 4.74 Å². The highest BCUT2D eigenvalue weighted by Crippen LogP contribution is 2.14. The molecule has 1 nitrogen and oxygen atoms in total. The van der Waals surface area contributed by atoms with Gasteiger partial charge in [-0.2, -0.15) is 0 Å². The van der Waals surface area contributed by atoms with Crippen LogP contribution in [0.1, 0.15) is 6.92 Å². The Labute approximate surface area is 70.9 Å². The normalized spacial score (nSPS) is 8.18. The van der Waals surface area contributed by atoms with Crippen molar-refractivity contribution in [3.8, 4) is 17.8 Å². The molecule has 0 saturated heterocycles. The van der Waals surface area contributed by atoms with Gasteiger partial charge in [0.1, 0.15) is 11.9 Å². The monoisotopic (exact) mass is 166 g/mol. The van der Waals surface area contributed by atoms with Gasteiger partial charge in [0, 0.05) is 11.9 Å². The predicted molar refractivity (Wildman–Crippen MR) is 45.5 cm³/mol. The third-order valence-corrected chi connectivity index (χ3v) is 1.34. The van der Waals surface area contributed by atoms with Crippen molar-refractivity contribution < 1.29 is 4.74 Å². The molecule has 0 unspecified atom stereocenters. The molecule has 0 atom stereocenters. The molecule has 0 radical (unpaired) electrons. The third-order valence-electron chi connectivity index (χ3n) is 1.08. The highest BCUT2D eigenvalue weighted by atomic mass is 35.5. The molecule has 1 aromatic carbocycles. The number of rotatable bonds is 1. The molecule has 0 fully saturated rings. The largest absolute Gasteiger partial charge is 0.408 e. The van der Waals surface area contributed by atoms with Crippen LogP contribution in [0.2, 0.25) is 5.02 Å². The molecule has 0 aliphatic carbocycles. The van der Waals surface area contributed by atoms with Crippen LogP contribution < -0.4 is 4.74 Å². The summed E-state index contributed by atoms with van der Waals surface area (Å²) in [4.78, 5) is 0. The van der Waals surface area contributed by atoms with E-state index in [-0.39, 0.29) is 0 Å². The van der Waals surface area contributed by atoms with E-state index in [1.54, 1.807) is 31.2 Å². The fraction of sp³-hybridized carbons (Fsp3) is 0.111. The first-order chi connectivity index (χ1) is 5.33. The van der Waals surface area contributed by atoms with Crippen molar-refractivity contribution >= 4 is 11.6 Å². The fourth-order valence-electron chi connectivity index (χ4n) is 0.613. The van der Waals surface area contributed by atoms with Crippen molar-refractivity contribution in [1.82, 2.24) is 0 Å². The lowest BCUT2D eigenvalue weighted by molar-refractivity contribution is 0.519. The van der Waals surface area contributed by atoms with Crippen LogP contribution >= 0.6 is 11.6 Å². The second-order valence-electron chi connectivity index (χ2n) is 1.91. The first-order valence-electron chi connectivity index (χ1n) is 3.17. The molecule has 0 N–H and O–H groups in total. The Morgan fingerprint density at radius 2 is 1.91 bits per heavy atom. The van der Waals surface area contributed by atoms with Crippen molar-refractivity contribution in [2.45, 2.75) is 6.92 Å². The van der Waals surface area contributed by atoms with Crippen molar-refractivity contribution in [2.75, 3.05) is 0 Å². The Morgan fingerprint density at radius 3 is 2.45 bits per heavy atom. The van der Waals surface area contributed by atoms with Crippen LogP contribution in [0.3, 0.4) is 0 Å². The molecule has 0 bridgehead atoms. The molecule has 0 aliphatic heterocycles. The predicted octanol–water partition coefficient (Wildman–Crippen LogP) is 2.70. The Bertz CT molecular complexity index is 279.